The Morgan fingerprint density at radius 3 is 2.68 bits per heavy atom. The highest BCUT2D eigenvalue weighted by Gasteiger charge is 2.39. The molecule has 0 spiro atoms. The molecule has 1 amide bonds. The molecule has 2 atom stereocenters. The number of benzene rings is 1. The molecule has 5 nitrogen and oxygen atoms in total. The first kappa shape index (κ1) is 13.8. The zero-order valence-electron chi connectivity index (χ0n) is 9.72. The van der Waals surface area contributed by atoms with Gasteiger partial charge in [0.2, 0.25) is 0 Å². The normalized spacial score (nSPS) is 22.6. The summed E-state index contributed by atoms with van der Waals surface area (Å²) in [5.41, 5.74) is 0.00208. The van der Waals surface area contributed by atoms with Gasteiger partial charge in [0.1, 0.15) is 11.9 Å². The second-order valence-electron chi connectivity index (χ2n) is 4.33. The van der Waals surface area contributed by atoms with Crippen molar-refractivity contribution in [1.82, 2.24) is 4.90 Å². The number of amides is 1. The molecule has 1 aliphatic heterocycles. The first-order chi connectivity index (χ1) is 8.90. The van der Waals surface area contributed by atoms with E-state index in [2.05, 4.69) is 0 Å². The van der Waals surface area contributed by atoms with E-state index in [0.29, 0.717) is 0 Å². The highest BCUT2D eigenvalue weighted by molar-refractivity contribution is 6.30. The summed E-state index contributed by atoms with van der Waals surface area (Å²) in [5, 5.41) is 18.3. The quantitative estimate of drug-likeness (QED) is 0.855. The molecule has 2 rings (SSSR count). The van der Waals surface area contributed by atoms with Crippen LogP contribution in [-0.4, -0.2) is 45.7 Å². The third-order valence-electron chi connectivity index (χ3n) is 2.99. The highest BCUT2D eigenvalue weighted by atomic mass is 35.5. The minimum atomic E-state index is -1.20. The smallest absolute Gasteiger partial charge is 0.326 e. The number of aliphatic hydroxyl groups is 1. The van der Waals surface area contributed by atoms with Crippen LogP contribution in [0.1, 0.15) is 16.8 Å². The molecule has 1 heterocycles. The Kier molecular flexibility index (Phi) is 3.73. The molecular weight excluding hydrogens is 277 g/mol. The summed E-state index contributed by atoms with van der Waals surface area (Å²) in [6, 6.07) is 2.40. The van der Waals surface area contributed by atoms with Crippen LogP contribution in [0.15, 0.2) is 18.2 Å². The molecule has 0 unspecified atom stereocenters. The van der Waals surface area contributed by atoms with Crippen molar-refractivity contribution in [1.29, 1.82) is 0 Å². The number of carboxylic acids is 1. The van der Waals surface area contributed by atoms with Crippen LogP contribution < -0.4 is 0 Å². The molecular formula is C12H11ClFNO4. The monoisotopic (exact) mass is 287 g/mol. The Hall–Kier alpha value is -1.66. The Morgan fingerprint density at radius 1 is 1.42 bits per heavy atom. The third kappa shape index (κ3) is 2.69. The fraction of sp³-hybridized carbons (Fsp3) is 0.333. The predicted molar refractivity (Wildman–Crippen MR) is 64.5 cm³/mol. The lowest BCUT2D eigenvalue weighted by atomic mass is 10.1. The maximum atomic E-state index is 13.3. The second-order valence-corrected chi connectivity index (χ2v) is 4.74. The maximum Gasteiger partial charge on any atom is 0.326 e. The number of hydrogen-bond acceptors (Lipinski definition) is 3. The van der Waals surface area contributed by atoms with Gasteiger partial charge in [-0.15, -0.1) is 0 Å². The van der Waals surface area contributed by atoms with Crippen LogP contribution in [0.25, 0.3) is 0 Å². The van der Waals surface area contributed by atoms with Gasteiger partial charge in [-0.2, -0.15) is 0 Å². The number of aliphatic carboxylic acids is 1. The number of rotatable bonds is 2. The van der Waals surface area contributed by atoms with Crippen molar-refractivity contribution in [3.8, 4) is 0 Å². The first-order valence-electron chi connectivity index (χ1n) is 5.57. The number of nitrogens with zero attached hydrogens (tertiary/aromatic N) is 1. The van der Waals surface area contributed by atoms with E-state index >= 15 is 0 Å². The molecule has 0 bridgehead atoms. The molecule has 102 valence electrons. The van der Waals surface area contributed by atoms with Crippen molar-refractivity contribution in [3.63, 3.8) is 0 Å². The van der Waals surface area contributed by atoms with E-state index in [1.54, 1.807) is 0 Å². The SMILES string of the molecule is O=C(O)[C@@H]1C[C@H](O)CN1C(=O)c1ccc(Cl)c(F)c1. The number of aliphatic hydroxyl groups excluding tert-OH is 1. The first-order valence-corrected chi connectivity index (χ1v) is 5.95. The van der Waals surface area contributed by atoms with Crippen molar-refractivity contribution >= 4 is 23.5 Å². The van der Waals surface area contributed by atoms with Crippen LogP contribution in [0.3, 0.4) is 0 Å². The van der Waals surface area contributed by atoms with E-state index in [0.717, 1.165) is 11.0 Å². The lowest BCUT2D eigenvalue weighted by Gasteiger charge is -2.21. The van der Waals surface area contributed by atoms with Crippen molar-refractivity contribution in [2.75, 3.05) is 6.54 Å². The molecule has 0 aromatic heterocycles. The van der Waals surface area contributed by atoms with Gasteiger partial charge in [0, 0.05) is 18.5 Å². The molecule has 1 aliphatic rings. The van der Waals surface area contributed by atoms with E-state index in [9.17, 15) is 19.1 Å². The molecule has 1 fully saturated rings. The predicted octanol–water partition coefficient (Wildman–Crippen LogP) is 1.14. The minimum absolute atomic E-state index is 0.00208. The lowest BCUT2D eigenvalue weighted by molar-refractivity contribution is -0.141. The molecule has 1 aromatic carbocycles. The van der Waals surface area contributed by atoms with Crippen molar-refractivity contribution in [2.24, 2.45) is 0 Å². The van der Waals surface area contributed by atoms with E-state index in [1.165, 1.54) is 12.1 Å². The third-order valence-corrected chi connectivity index (χ3v) is 3.30. The van der Waals surface area contributed by atoms with E-state index in [1.807, 2.05) is 0 Å². The lowest BCUT2D eigenvalue weighted by Crippen LogP contribution is -2.40. The molecule has 0 saturated carbocycles. The minimum Gasteiger partial charge on any atom is -0.480 e. The van der Waals surface area contributed by atoms with E-state index < -0.39 is 29.8 Å². The summed E-state index contributed by atoms with van der Waals surface area (Å²) in [6.45, 7) is -0.0833. The van der Waals surface area contributed by atoms with Crippen LogP contribution in [0.4, 0.5) is 4.39 Å². The standard InChI is InChI=1S/C12H11ClFNO4/c13-8-2-1-6(3-9(8)14)11(17)15-5-7(16)4-10(15)12(18)19/h1-3,7,10,16H,4-5H2,(H,18,19)/t7-,10-/m0/s1. The molecule has 1 saturated heterocycles. The van der Waals surface area contributed by atoms with Crippen LogP contribution in [0, 0.1) is 5.82 Å². The van der Waals surface area contributed by atoms with Gasteiger partial charge in [0.25, 0.3) is 5.91 Å². The van der Waals surface area contributed by atoms with Crippen LogP contribution in [-0.2, 0) is 4.79 Å². The summed E-state index contributed by atoms with van der Waals surface area (Å²) >= 11 is 5.51. The summed E-state index contributed by atoms with van der Waals surface area (Å²) in [7, 11) is 0. The molecule has 7 heteroatoms. The fourth-order valence-corrected chi connectivity index (χ4v) is 2.18. The number of likely N-dealkylation sites (tertiary alicyclic amines) is 1. The van der Waals surface area contributed by atoms with Gasteiger partial charge in [0.05, 0.1) is 11.1 Å². The van der Waals surface area contributed by atoms with Crippen LogP contribution in [0.5, 0.6) is 0 Å². The highest BCUT2D eigenvalue weighted by Crippen LogP contribution is 2.23. The summed E-state index contributed by atoms with van der Waals surface area (Å²) in [6.07, 6.45) is -0.917. The molecule has 19 heavy (non-hydrogen) atoms. The van der Waals surface area contributed by atoms with Crippen LogP contribution in [0.2, 0.25) is 5.02 Å². The van der Waals surface area contributed by atoms with Crippen molar-refractivity contribution < 1.29 is 24.2 Å². The van der Waals surface area contributed by atoms with Gasteiger partial charge < -0.3 is 15.1 Å². The van der Waals surface area contributed by atoms with Crippen LogP contribution >= 0.6 is 11.6 Å². The maximum absolute atomic E-state index is 13.3. The van der Waals surface area contributed by atoms with E-state index in [-0.39, 0.29) is 23.6 Å². The number of carbonyl (C=O) groups excluding carboxylic acids is 1. The van der Waals surface area contributed by atoms with Gasteiger partial charge in [0.15, 0.2) is 0 Å². The number of β-amino-alcohol motifs (C(OH)–C–C–N with tert-alkyl or cyclic N) is 1. The largest absolute Gasteiger partial charge is 0.480 e. The Morgan fingerprint density at radius 2 is 2.11 bits per heavy atom. The molecule has 0 radical (unpaired) electrons. The summed E-state index contributed by atoms with van der Waals surface area (Å²) < 4.78 is 13.3. The average molecular weight is 288 g/mol. The average Bonchev–Trinajstić information content (AvgIpc) is 2.74. The van der Waals surface area contributed by atoms with E-state index in [4.69, 9.17) is 16.7 Å². The van der Waals surface area contributed by atoms with Gasteiger partial charge in [-0.25, -0.2) is 9.18 Å². The van der Waals surface area contributed by atoms with Gasteiger partial charge in [-0.05, 0) is 18.2 Å². The summed E-state index contributed by atoms with van der Waals surface area (Å²) in [5.74, 6) is -2.59. The number of carbonyl (C=O) groups is 2. The molecule has 1 aromatic rings. The number of halogens is 2. The molecule has 2 N–H and O–H groups in total. The van der Waals surface area contributed by atoms with Crippen molar-refractivity contribution in [3.05, 3.63) is 34.6 Å². The van der Waals surface area contributed by atoms with Gasteiger partial charge in [-0.1, -0.05) is 11.6 Å². The topological polar surface area (TPSA) is 77.8 Å². The molecule has 0 aliphatic carbocycles. The fourth-order valence-electron chi connectivity index (χ4n) is 2.07. The number of hydrogen-bond donors (Lipinski definition) is 2. The Bertz CT molecular complexity index is 536. The summed E-state index contributed by atoms with van der Waals surface area (Å²) in [4.78, 5) is 24.2. The Balaban J connectivity index is 2.27. The number of carboxylic acid groups (broad SMARTS) is 1. The van der Waals surface area contributed by atoms with Gasteiger partial charge in [-0.3, -0.25) is 4.79 Å². The van der Waals surface area contributed by atoms with Gasteiger partial charge >= 0.3 is 5.97 Å². The van der Waals surface area contributed by atoms with Crippen molar-refractivity contribution in [2.45, 2.75) is 18.6 Å². The Labute approximate surface area is 113 Å². The zero-order valence-corrected chi connectivity index (χ0v) is 10.5. The zero-order chi connectivity index (χ0) is 14.2. The second kappa shape index (κ2) is 5.14.